The third-order valence-electron chi connectivity index (χ3n) is 7.28. The van der Waals surface area contributed by atoms with Crippen LogP contribution in [0.1, 0.15) is 31.2 Å². The van der Waals surface area contributed by atoms with Crippen molar-refractivity contribution in [1.29, 1.82) is 0 Å². The highest BCUT2D eigenvalue weighted by Crippen LogP contribution is 2.34. The van der Waals surface area contributed by atoms with Crippen molar-refractivity contribution in [1.82, 2.24) is 34.9 Å². The predicted molar refractivity (Wildman–Crippen MR) is 138 cm³/mol. The summed E-state index contributed by atoms with van der Waals surface area (Å²) >= 11 is 0. The molecule has 192 valence electrons. The Bertz CT molecular complexity index is 1650. The lowest BCUT2D eigenvalue weighted by Gasteiger charge is -2.29. The molecule has 7 rings (SSSR count). The molecular weight excluding hydrogens is 487 g/mol. The Balaban J connectivity index is 1.13. The zero-order chi connectivity index (χ0) is 25.6. The van der Waals surface area contributed by atoms with Crippen molar-refractivity contribution >= 4 is 28.1 Å². The molecule has 2 saturated heterocycles. The Morgan fingerprint density at radius 2 is 1.89 bits per heavy atom. The van der Waals surface area contributed by atoms with E-state index in [2.05, 4.69) is 35.7 Å². The smallest absolute Gasteiger partial charge is 0.214 e. The average Bonchev–Trinajstić information content (AvgIpc) is 3.53. The van der Waals surface area contributed by atoms with Gasteiger partial charge < -0.3 is 20.1 Å². The normalized spacial score (nSPS) is 20.6. The summed E-state index contributed by atoms with van der Waals surface area (Å²) in [6.45, 7) is 1.67. The molecule has 2 aliphatic heterocycles. The molecule has 10 nitrogen and oxygen atoms in total. The van der Waals surface area contributed by atoms with E-state index in [0.29, 0.717) is 57.4 Å². The highest BCUT2D eigenvalue weighted by atomic mass is 19.1. The molecule has 0 saturated carbocycles. The molecule has 11 heteroatoms. The van der Waals surface area contributed by atoms with E-state index in [0.717, 1.165) is 12.8 Å². The number of hydrogen-bond acceptors (Lipinski definition) is 9. The molecule has 38 heavy (non-hydrogen) atoms. The highest BCUT2D eigenvalue weighted by Gasteiger charge is 2.34. The van der Waals surface area contributed by atoms with Gasteiger partial charge in [-0.1, -0.05) is 0 Å². The van der Waals surface area contributed by atoms with Crippen LogP contribution in [0.15, 0.2) is 55.4 Å². The minimum atomic E-state index is -0.437. The average molecular weight is 513 g/mol. The van der Waals surface area contributed by atoms with Crippen molar-refractivity contribution in [3.05, 3.63) is 66.8 Å². The number of halogens is 1. The van der Waals surface area contributed by atoms with Gasteiger partial charge >= 0.3 is 0 Å². The van der Waals surface area contributed by atoms with E-state index >= 15 is 4.39 Å². The fourth-order valence-electron chi connectivity index (χ4n) is 5.37. The number of piperidine rings is 1. The van der Waals surface area contributed by atoms with Crippen LogP contribution in [0.3, 0.4) is 0 Å². The summed E-state index contributed by atoms with van der Waals surface area (Å²) in [6.07, 6.45) is 10.8. The van der Waals surface area contributed by atoms with Gasteiger partial charge in [-0.15, -0.1) is 0 Å². The lowest BCUT2D eigenvalue weighted by Crippen LogP contribution is -2.42. The molecule has 0 radical (unpaired) electrons. The predicted octanol–water partition coefficient (Wildman–Crippen LogP) is 4.71. The van der Waals surface area contributed by atoms with Crippen LogP contribution < -0.4 is 20.1 Å². The van der Waals surface area contributed by atoms with Crippen molar-refractivity contribution in [3.8, 4) is 17.4 Å². The Kier molecular flexibility index (Phi) is 5.50. The molecule has 0 aliphatic carbocycles. The number of aromatic nitrogens is 6. The number of anilines is 2. The summed E-state index contributed by atoms with van der Waals surface area (Å²) in [5.74, 6) is 1.50. The van der Waals surface area contributed by atoms with Crippen LogP contribution in [0.2, 0.25) is 0 Å². The third-order valence-corrected chi connectivity index (χ3v) is 7.28. The van der Waals surface area contributed by atoms with Gasteiger partial charge in [-0.3, -0.25) is 0 Å². The van der Waals surface area contributed by atoms with E-state index in [4.69, 9.17) is 9.47 Å². The van der Waals surface area contributed by atoms with Gasteiger partial charge in [0.25, 0.3) is 0 Å². The molecule has 6 heterocycles. The number of nitrogens with zero attached hydrogens (tertiary/aromatic N) is 6. The third kappa shape index (κ3) is 4.24. The molecular formula is C27H25FN8O2. The van der Waals surface area contributed by atoms with Crippen molar-refractivity contribution in [2.24, 2.45) is 0 Å². The van der Waals surface area contributed by atoms with Crippen LogP contribution in [0.25, 0.3) is 16.6 Å². The largest absolute Gasteiger partial charge is 0.474 e. The summed E-state index contributed by atoms with van der Waals surface area (Å²) < 4.78 is 29.3. The number of ether oxygens (including phenoxy) is 2. The lowest BCUT2D eigenvalue weighted by molar-refractivity contribution is 0.132. The van der Waals surface area contributed by atoms with Gasteiger partial charge in [0.1, 0.15) is 36.1 Å². The highest BCUT2D eigenvalue weighted by molar-refractivity contribution is 5.90. The van der Waals surface area contributed by atoms with Crippen molar-refractivity contribution in [3.63, 3.8) is 0 Å². The summed E-state index contributed by atoms with van der Waals surface area (Å²) in [7, 11) is 0. The maximum absolute atomic E-state index is 15.5. The lowest BCUT2D eigenvalue weighted by atomic mass is 10.0. The number of rotatable bonds is 6. The second kappa shape index (κ2) is 9.18. The molecule has 2 aliphatic rings. The Labute approximate surface area is 217 Å². The van der Waals surface area contributed by atoms with Crippen molar-refractivity contribution < 1.29 is 13.9 Å². The Hall–Kier alpha value is -4.38. The molecule has 1 unspecified atom stereocenters. The molecule has 2 N–H and O–H groups in total. The van der Waals surface area contributed by atoms with Crippen LogP contribution in [0.4, 0.5) is 15.9 Å². The topological polar surface area (TPSA) is 111 Å². The standard InChI is InChI=1S/C27H25FN8O2/c1-15-23(37-18-6-7-36-24(10-18)31-14-33-36)5-4-21(26(15)28)35-27-20-11-25(29-12-22(20)30-13-32-27)38-19-8-16-2-3-17(9-19)34-16/h4-7,10-14,16-17,19,34H,2-3,8-9H2,1H3,(H,30,32,35)/t16-,17+,19?. The van der Waals surface area contributed by atoms with Gasteiger partial charge in [0.2, 0.25) is 5.88 Å². The first-order valence-corrected chi connectivity index (χ1v) is 12.7. The molecule has 0 spiro atoms. The van der Waals surface area contributed by atoms with Crippen molar-refractivity contribution in [2.45, 2.75) is 50.8 Å². The minimum Gasteiger partial charge on any atom is -0.474 e. The summed E-state index contributed by atoms with van der Waals surface area (Å²) in [4.78, 5) is 17.3. The first-order valence-electron chi connectivity index (χ1n) is 12.7. The zero-order valence-electron chi connectivity index (χ0n) is 20.6. The monoisotopic (exact) mass is 512 g/mol. The van der Waals surface area contributed by atoms with Crippen LogP contribution in [-0.2, 0) is 0 Å². The Morgan fingerprint density at radius 3 is 2.76 bits per heavy atom. The molecule has 2 bridgehead atoms. The number of benzene rings is 1. The van der Waals surface area contributed by atoms with Crippen LogP contribution >= 0.6 is 0 Å². The first kappa shape index (κ1) is 22.8. The van der Waals surface area contributed by atoms with Crippen LogP contribution in [-0.4, -0.2) is 47.7 Å². The second-order valence-electron chi connectivity index (χ2n) is 9.81. The van der Waals surface area contributed by atoms with Gasteiger partial charge in [0.05, 0.1) is 17.4 Å². The first-order chi connectivity index (χ1) is 18.6. The van der Waals surface area contributed by atoms with Gasteiger partial charge in [-0.2, -0.15) is 5.10 Å². The molecule has 1 aromatic carbocycles. The summed E-state index contributed by atoms with van der Waals surface area (Å²) in [6, 6.07) is 9.70. The van der Waals surface area contributed by atoms with Crippen molar-refractivity contribution in [2.75, 3.05) is 5.32 Å². The maximum atomic E-state index is 15.5. The van der Waals surface area contributed by atoms with Crippen LogP contribution in [0.5, 0.6) is 17.4 Å². The SMILES string of the molecule is Cc1c(Oc2ccn3ncnc3c2)ccc(Nc2ncnc3cnc(OC4C[C@H]5CC[C@@H](C4)N5)cc23)c1F. The van der Waals surface area contributed by atoms with Gasteiger partial charge in [0.15, 0.2) is 11.5 Å². The minimum absolute atomic E-state index is 0.123. The zero-order valence-corrected chi connectivity index (χ0v) is 20.6. The van der Waals surface area contributed by atoms with E-state index in [9.17, 15) is 0 Å². The number of nitrogens with one attached hydrogen (secondary N) is 2. The van der Waals surface area contributed by atoms with E-state index in [1.807, 2.05) is 6.07 Å². The number of hydrogen-bond donors (Lipinski definition) is 2. The second-order valence-corrected chi connectivity index (χ2v) is 9.81. The van der Waals surface area contributed by atoms with Gasteiger partial charge in [0, 0.05) is 41.4 Å². The van der Waals surface area contributed by atoms with E-state index < -0.39 is 5.82 Å². The molecule has 3 atom stereocenters. The van der Waals surface area contributed by atoms with Gasteiger partial charge in [-0.05, 0) is 50.8 Å². The summed E-state index contributed by atoms with van der Waals surface area (Å²) in [5.41, 5.74) is 1.92. The van der Waals surface area contributed by atoms with E-state index in [-0.39, 0.29) is 11.8 Å². The fraction of sp³-hybridized carbons (Fsp3) is 0.296. The Morgan fingerprint density at radius 1 is 1.03 bits per heavy atom. The molecule has 2 fully saturated rings. The van der Waals surface area contributed by atoms with E-state index in [1.54, 1.807) is 48.1 Å². The molecule has 0 amide bonds. The van der Waals surface area contributed by atoms with E-state index in [1.165, 1.54) is 25.5 Å². The van der Waals surface area contributed by atoms with Crippen LogP contribution in [0, 0.1) is 12.7 Å². The quantitative estimate of drug-likeness (QED) is 0.334. The molecule has 5 aromatic rings. The number of fused-ring (bicyclic) bond motifs is 4. The van der Waals surface area contributed by atoms with Gasteiger partial charge in [-0.25, -0.2) is 28.8 Å². The molecule has 4 aromatic heterocycles. The maximum Gasteiger partial charge on any atom is 0.214 e. The number of pyridine rings is 2. The fourth-order valence-corrected chi connectivity index (χ4v) is 5.37. The summed E-state index contributed by atoms with van der Waals surface area (Å²) in [5, 5.41) is 11.5.